The number of carbonyl (C=O) groups is 2. The van der Waals surface area contributed by atoms with E-state index in [1.807, 2.05) is 6.07 Å². The molecule has 0 saturated heterocycles. The number of ether oxygens (including phenoxy) is 1. The fourth-order valence-corrected chi connectivity index (χ4v) is 1.75. The summed E-state index contributed by atoms with van der Waals surface area (Å²) < 4.78 is 5.14. The number of aliphatic carboxylic acids is 1. The maximum atomic E-state index is 11.5. The van der Waals surface area contributed by atoms with Crippen molar-refractivity contribution >= 4 is 17.6 Å². The van der Waals surface area contributed by atoms with Crippen LogP contribution in [0.5, 0.6) is 5.75 Å². The van der Waals surface area contributed by atoms with Crippen molar-refractivity contribution in [3.8, 4) is 5.75 Å². The number of fused-ring (bicyclic) bond motifs is 1. The molecule has 0 unspecified atom stereocenters. The highest BCUT2D eigenvalue weighted by molar-refractivity contribution is 6.02. The van der Waals surface area contributed by atoms with Crippen molar-refractivity contribution < 1.29 is 19.4 Å². The predicted molar refractivity (Wildman–Crippen MR) is 56.7 cm³/mol. The lowest BCUT2D eigenvalue weighted by atomic mass is 10.1. The van der Waals surface area contributed by atoms with E-state index < -0.39 is 12.6 Å². The second-order valence-electron chi connectivity index (χ2n) is 3.58. The number of anilines is 1. The maximum Gasteiger partial charge on any atom is 0.341 e. The second kappa shape index (κ2) is 3.84. The molecule has 1 aromatic carbocycles. The first-order valence-corrected chi connectivity index (χ1v) is 4.82. The summed E-state index contributed by atoms with van der Waals surface area (Å²) in [7, 11) is 1.65. The summed E-state index contributed by atoms with van der Waals surface area (Å²) in [5.41, 5.74) is 1.55. The molecule has 1 aliphatic rings. The molecule has 0 atom stereocenters. The molecule has 1 aromatic rings. The number of hydrogen-bond donors (Lipinski definition) is 1. The Morgan fingerprint density at radius 3 is 3.00 bits per heavy atom. The lowest BCUT2D eigenvalue weighted by Gasteiger charge is -2.14. The number of amides is 1. The molecule has 1 N–H and O–H groups in total. The molecule has 5 heteroatoms. The van der Waals surface area contributed by atoms with Crippen molar-refractivity contribution in [1.29, 1.82) is 0 Å². The van der Waals surface area contributed by atoms with Gasteiger partial charge in [0.05, 0.1) is 12.1 Å². The first-order chi connectivity index (χ1) is 7.59. The van der Waals surface area contributed by atoms with Crippen molar-refractivity contribution in [2.45, 2.75) is 6.42 Å². The van der Waals surface area contributed by atoms with Crippen LogP contribution in [0.2, 0.25) is 0 Å². The third kappa shape index (κ3) is 1.71. The van der Waals surface area contributed by atoms with E-state index in [1.54, 1.807) is 19.2 Å². The molecule has 0 saturated carbocycles. The van der Waals surface area contributed by atoms with Gasteiger partial charge in [0.1, 0.15) is 5.75 Å². The van der Waals surface area contributed by atoms with Crippen LogP contribution in [0, 0.1) is 0 Å². The third-order valence-corrected chi connectivity index (χ3v) is 2.48. The Balaban J connectivity index is 2.31. The van der Waals surface area contributed by atoms with Crippen LogP contribution in [0.1, 0.15) is 5.56 Å². The largest absolute Gasteiger partial charge is 0.480 e. The lowest BCUT2D eigenvalue weighted by molar-refractivity contribution is -0.139. The van der Waals surface area contributed by atoms with Crippen molar-refractivity contribution in [2.24, 2.45) is 0 Å². The Morgan fingerprint density at radius 1 is 1.56 bits per heavy atom. The first-order valence-electron chi connectivity index (χ1n) is 4.82. The second-order valence-corrected chi connectivity index (χ2v) is 3.58. The van der Waals surface area contributed by atoms with Gasteiger partial charge in [-0.05, 0) is 11.6 Å². The highest BCUT2D eigenvalue weighted by Crippen LogP contribution is 2.36. The number of carbonyl (C=O) groups excluding carboxylic acids is 1. The van der Waals surface area contributed by atoms with Gasteiger partial charge in [0, 0.05) is 7.05 Å². The van der Waals surface area contributed by atoms with Crippen LogP contribution in [-0.2, 0) is 16.0 Å². The molecular weight excluding hydrogens is 210 g/mol. The maximum absolute atomic E-state index is 11.5. The van der Waals surface area contributed by atoms with Gasteiger partial charge >= 0.3 is 5.97 Å². The van der Waals surface area contributed by atoms with Gasteiger partial charge in [-0.2, -0.15) is 0 Å². The van der Waals surface area contributed by atoms with Crippen molar-refractivity contribution in [1.82, 2.24) is 0 Å². The minimum atomic E-state index is -1.04. The summed E-state index contributed by atoms with van der Waals surface area (Å²) >= 11 is 0. The summed E-state index contributed by atoms with van der Waals surface area (Å²) in [6.45, 7) is -0.404. The zero-order chi connectivity index (χ0) is 11.7. The Kier molecular flexibility index (Phi) is 2.52. The van der Waals surface area contributed by atoms with Gasteiger partial charge in [0.25, 0.3) is 0 Å². The minimum absolute atomic E-state index is 0.0126. The molecule has 2 rings (SSSR count). The molecule has 5 nitrogen and oxygen atoms in total. The van der Waals surface area contributed by atoms with E-state index in [-0.39, 0.29) is 5.91 Å². The zero-order valence-corrected chi connectivity index (χ0v) is 8.77. The van der Waals surface area contributed by atoms with E-state index in [4.69, 9.17) is 9.84 Å². The van der Waals surface area contributed by atoms with Gasteiger partial charge in [-0.25, -0.2) is 4.79 Å². The highest BCUT2D eigenvalue weighted by Gasteiger charge is 2.27. The average Bonchev–Trinajstić information content (AvgIpc) is 2.52. The summed E-state index contributed by atoms with van der Waals surface area (Å²) in [5.74, 6) is -0.612. The fourth-order valence-electron chi connectivity index (χ4n) is 1.75. The molecule has 16 heavy (non-hydrogen) atoms. The Hall–Kier alpha value is -2.04. The van der Waals surface area contributed by atoms with E-state index in [9.17, 15) is 9.59 Å². The van der Waals surface area contributed by atoms with Gasteiger partial charge in [-0.3, -0.25) is 4.79 Å². The van der Waals surface area contributed by atoms with Crippen molar-refractivity contribution in [2.75, 3.05) is 18.6 Å². The van der Waals surface area contributed by atoms with Crippen molar-refractivity contribution in [3.63, 3.8) is 0 Å². The smallest absolute Gasteiger partial charge is 0.341 e. The number of para-hydroxylation sites is 1. The van der Waals surface area contributed by atoms with Crippen LogP contribution in [0.3, 0.4) is 0 Å². The third-order valence-electron chi connectivity index (χ3n) is 2.48. The van der Waals surface area contributed by atoms with Gasteiger partial charge in [0.2, 0.25) is 5.91 Å². The van der Waals surface area contributed by atoms with E-state index in [0.717, 1.165) is 5.56 Å². The molecular formula is C11H11NO4. The number of benzene rings is 1. The van der Waals surface area contributed by atoms with E-state index >= 15 is 0 Å². The van der Waals surface area contributed by atoms with E-state index in [0.29, 0.717) is 17.9 Å². The quantitative estimate of drug-likeness (QED) is 0.814. The zero-order valence-electron chi connectivity index (χ0n) is 8.77. The minimum Gasteiger partial charge on any atom is -0.480 e. The molecule has 0 spiro atoms. The molecule has 1 amide bonds. The normalized spacial score (nSPS) is 13.8. The van der Waals surface area contributed by atoms with Crippen LogP contribution in [0.15, 0.2) is 18.2 Å². The van der Waals surface area contributed by atoms with Crippen LogP contribution in [0.25, 0.3) is 0 Å². The Bertz CT molecular complexity index is 455. The first kappa shape index (κ1) is 10.5. The monoisotopic (exact) mass is 221 g/mol. The van der Waals surface area contributed by atoms with E-state index in [1.165, 1.54) is 4.90 Å². The molecule has 0 bridgehead atoms. The van der Waals surface area contributed by atoms with Crippen molar-refractivity contribution in [3.05, 3.63) is 23.8 Å². The number of rotatable bonds is 3. The van der Waals surface area contributed by atoms with E-state index in [2.05, 4.69) is 0 Å². The topological polar surface area (TPSA) is 66.8 Å². The standard InChI is InChI=1S/C11H11NO4/c1-12-9(13)5-7-3-2-4-8(11(7)12)16-6-10(14)15/h2-4H,5-6H2,1H3,(H,14,15). The number of likely N-dealkylation sites (N-methyl/N-ethyl adjacent to an activating group) is 1. The van der Waals surface area contributed by atoms with Crippen LogP contribution in [-0.4, -0.2) is 30.6 Å². The van der Waals surface area contributed by atoms with Crippen LogP contribution in [0.4, 0.5) is 5.69 Å². The number of nitrogens with zero attached hydrogens (tertiary/aromatic N) is 1. The summed E-state index contributed by atoms with van der Waals surface area (Å²) in [6, 6.07) is 5.25. The fraction of sp³-hybridized carbons (Fsp3) is 0.273. The molecule has 84 valence electrons. The number of carboxylic acid groups (broad SMARTS) is 1. The number of hydrogen-bond acceptors (Lipinski definition) is 3. The van der Waals surface area contributed by atoms with Crippen LogP contribution >= 0.6 is 0 Å². The van der Waals surface area contributed by atoms with Gasteiger partial charge < -0.3 is 14.7 Å². The highest BCUT2D eigenvalue weighted by atomic mass is 16.5. The summed E-state index contributed by atoms with van der Waals surface area (Å²) in [4.78, 5) is 23.4. The van der Waals surface area contributed by atoms with Gasteiger partial charge in [-0.15, -0.1) is 0 Å². The Labute approximate surface area is 92.2 Å². The molecule has 1 heterocycles. The summed E-state index contributed by atoms with van der Waals surface area (Å²) in [6.07, 6.45) is 0.343. The van der Waals surface area contributed by atoms with Crippen LogP contribution < -0.4 is 9.64 Å². The molecule has 0 fully saturated rings. The predicted octanol–water partition coefficient (Wildman–Crippen LogP) is 0.669. The van der Waals surface area contributed by atoms with Gasteiger partial charge in [0.15, 0.2) is 6.61 Å². The molecule has 0 aliphatic carbocycles. The molecule has 0 aromatic heterocycles. The molecule has 1 aliphatic heterocycles. The lowest BCUT2D eigenvalue weighted by Crippen LogP contribution is -2.21. The SMILES string of the molecule is CN1C(=O)Cc2cccc(OCC(=O)O)c21. The van der Waals surface area contributed by atoms with Gasteiger partial charge in [-0.1, -0.05) is 12.1 Å². The average molecular weight is 221 g/mol. The molecule has 0 radical (unpaired) electrons. The summed E-state index contributed by atoms with van der Waals surface area (Å²) in [5, 5.41) is 8.54. The number of carboxylic acids is 1. The Morgan fingerprint density at radius 2 is 2.31 bits per heavy atom.